The maximum absolute atomic E-state index is 10.9. The minimum atomic E-state index is -0.699. The average Bonchev–Trinajstić information content (AvgIpc) is 3.37. The quantitative estimate of drug-likeness (QED) is 0.370. The highest BCUT2D eigenvalue weighted by atomic mass is 32.1. The van der Waals surface area contributed by atoms with Crippen LogP contribution in [0.25, 0.3) is 21.2 Å². The summed E-state index contributed by atoms with van der Waals surface area (Å²) < 4.78 is 13.1. The van der Waals surface area contributed by atoms with Crippen LogP contribution in [0.15, 0.2) is 52.9 Å². The summed E-state index contributed by atoms with van der Waals surface area (Å²) in [4.78, 5) is 26.1. The fraction of sp³-hybridized carbons (Fsp3) is 0.292. The molecule has 1 saturated heterocycles. The van der Waals surface area contributed by atoms with Crippen molar-refractivity contribution in [3.8, 4) is 10.9 Å². The Morgan fingerprint density at radius 2 is 1.97 bits per heavy atom. The standard InChI is InChI=1S/C23H22N2O4S.CH2O2/c26-22(27)11-15-7-9-25(10-8-15)14-18-12-16-5-6-17(13-20(16)28-18)29-23-24-19-3-1-2-4-21(19)30-23;2-1-3/h1-6,12-13,15H,7-11,14H2,(H,26,27);1H,(H,2,3). The summed E-state index contributed by atoms with van der Waals surface area (Å²) in [5.41, 5.74) is 1.73. The molecule has 5 rings (SSSR count). The minimum Gasteiger partial charge on any atom is -0.483 e. The summed E-state index contributed by atoms with van der Waals surface area (Å²) in [6.45, 7) is 2.30. The molecule has 9 heteroatoms. The van der Waals surface area contributed by atoms with Gasteiger partial charge in [-0.05, 0) is 62.2 Å². The third-order valence-electron chi connectivity index (χ3n) is 5.57. The minimum absolute atomic E-state index is 0.250. The molecule has 0 aliphatic carbocycles. The molecule has 2 aromatic carbocycles. The molecule has 0 bridgehead atoms. The number of aliphatic carboxylic acids is 1. The molecule has 3 heterocycles. The van der Waals surface area contributed by atoms with Crippen LogP contribution in [-0.2, 0) is 16.1 Å². The number of carboxylic acid groups (broad SMARTS) is 2. The first kappa shape index (κ1) is 22.8. The number of hydrogen-bond donors (Lipinski definition) is 2. The van der Waals surface area contributed by atoms with Crippen LogP contribution in [0.3, 0.4) is 0 Å². The highest BCUT2D eigenvalue weighted by Crippen LogP contribution is 2.33. The summed E-state index contributed by atoms with van der Waals surface area (Å²) in [5, 5.41) is 17.5. The highest BCUT2D eigenvalue weighted by molar-refractivity contribution is 7.20. The van der Waals surface area contributed by atoms with Crippen molar-refractivity contribution in [1.29, 1.82) is 0 Å². The SMILES string of the molecule is O=C(O)CC1CCN(Cc2cc3ccc(Oc4nc5ccccc5s4)cc3o2)CC1.O=CO. The Hall–Kier alpha value is -3.43. The third kappa shape index (κ3) is 5.88. The maximum atomic E-state index is 10.9. The molecule has 0 unspecified atom stereocenters. The number of furan rings is 1. The molecule has 0 amide bonds. The van der Waals surface area contributed by atoms with Crippen LogP contribution in [0.5, 0.6) is 10.9 Å². The van der Waals surface area contributed by atoms with Crippen LogP contribution in [0.2, 0.25) is 0 Å². The topological polar surface area (TPSA) is 113 Å². The van der Waals surface area contributed by atoms with Crippen molar-refractivity contribution >= 4 is 45.0 Å². The lowest BCUT2D eigenvalue weighted by atomic mass is 9.93. The van der Waals surface area contributed by atoms with Crippen LogP contribution in [-0.4, -0.2) is 45.6 Å². The molecule has 8 nitrogen and oxygen atoms in total. The van der Waals surface area contributed by atoms with E-state index >= 15 is 0 Å². The van der Waals surface area contributed by atoms with Gasteiger partial charge in [-0.1, -0.05) is 23.5 Å². The monoisotopic (exact) mass is 468 g/mol. The first-order valence-corrected chi connectivity index (χ1v) is 11.4. The van der Waals surface area contributed by atoms with Gasteiger partial charge in [-0.2, -0.15) is 0 Å². The molecule has 2 N–H and O–H groups in total. The lowest BCUT2D eigenvalue weighted by Crippen LogP contribution is -2.33. The van der Waals surface area contributed by atoms with Crippen molar-refractivity contribution in [3.05, 3.63) is 54.3 Å². The highest BCUT2D eigenvalue weighted by Gasteiger charge is 2.22. The zero-order valence-electron chi connectivity index (χ0n) is 17.8. The van der Waals surface area contributed by atoms with Crippen molar-refractivity contribution < 1.29 is 29.0 Å². The number of piperidine rings is 1. The number of hydrogen-bond acceptors (Lipinski definition) is 7. The summed E-state index contributed by atoms with van der Waals surface area (Å²) >= 11 is 1.52. The lowest BCUT2D eigenvalue weighted by Gasteiger charge is -2.30. The number of rotatable bonds is 6. The number of carboxylic acids is 1. The second kappa shape index (κ2) is 10.5. The molecule has 2 aromatic heterocycles. The van der Waals surface area contributed by atoms with E-state index < -0.39 is 5.97 Å². The molecule has 0 spiro atoms. The van der Waals surface area contributed by atoms with Crippen LogP contribution in [0, 0.1) is 5.92 Å². The molecular weight excluding hydrogens is 444 g/mol. The van der Waals surface area contributed by atoms with Gasteiger partial charge in [-0.15, -0.1) is 0 Å². The Labute approximate surface area is 194 Å². The number of para-hydroxylation sites is 1. The zero-order valence-corrected chi connectivity index (χ0v) is 18.7. The Kier molecular flexibility index (Phi) is 7.21. The Balaban J connectivity index is 0.000000821. The maximum Gasteiger partial charge on any atom is 0.303 e. The van der Waals surface area contributed by atoms with E-state index in [0.29, 0.717) is 10.9 Å². The summed E-state index contributed by atoms with van der Waals surface area (Å²) in [6, 6.07) is 15.9. The number of nitrogens with zero attached hydrogens (tertiary/aromatic N) is 2. The largest absolute Gasteiger partial charge is 0.483 e. The number of thiazole rings is 1. The number of benzene rings is 2. The van der Waals surface area contributed by atoms with Crippen LogP contribution in [0.4, 0.5) is 0 Å². The summed E-state index contributed by atoms with van der Waals surface area (Å²) in [5.74, 6) is 1.21. The zero-order chi connectivity index (χ0) is 23.2. The number of aromatic nitrogens is 1. The van der Waals surface area contributed by atoms with E-state index in [1.165, 1.54) is 11.3 Å². The Bertz CT molecular complexity index is 1210. The van der Waals surface area contributed by atoms with E-state index in [4.69, 9.17) is 24.2 Å². The first-order valence-electron chi connectivity index (χ1n) is 10.6. The number of fused-ring (bicyclic) bond motifs is 2. The van der Waals surface area contributed by atoms with Gasteiger partial charge in [-0.3, -0.25) is 14.5 Å². The smallest absolute Gasteiger partial charge is 0.303 e. The Morgan fingerprint density at radius 3 is 2.70 bits per heavy atom. The molecular formula is C24H24N2O6S. The molecule has 33 heavy (non-hydrogen) atoms. The second-order valence-electron chi connectivity index (χ2n) is 7.88. The normalized spacial score (nSPS) is 14.7. The molecule has 0 atom stereocenters. The molecule has 4 aromatic rings. The summed E-state index contributed by atoms with van der Waals surface area (Å²) in [7, 11) is 0. The number of carbonyl (C=O) groups is 2. The van der Waals surface area contributed by atoms with Gasteiger partial charge >= 0.3 is 5.97 Å². The molecule has 1 fully saturated rings. The van der Waals surface area contributed by atoms with E-state index in [-0.39, 0.29) is 18.8 Å². The van der Waals surface area contributed by atoms with Crippen molar-refractivity contribution in [2.75, 3.05) is 13.1 Å². The van der Waals surface area contributed by atoms with Crippen molar-refractivity contribution in [1.82, 2.24) is 9.88 Å². The number of ether oxygens (including phenoxy) is 1. The van der Waals surface area contributed by atoms with Gasteiger partial charge in [0.15, 0.2) is 0 Å². The van der Waals surface area contributed by atoms with Gasteiger partial charge in [-0.25, -0.2) is 4.98 Å². The third-order valence-corrected chi connectivity index (χ3v) is 6.49. The predicted octanol–water partition coefficient (Wildman–Crippen LogP) is 5.22. The Morgan fingerprint density at radius 1 is 1.21 bits per heavy atom. The van der Waals surface area contributed by atoms with E-state index in [9.17, 15) is 4.79 Å². The molecule has 1 aliphatic heterocycles. The van der Waals surface area contributed by atoms with E-state index in [2.05, 4.69) is 16.0 Å². The fourth-order valence-electron chi connectivity index (χ4n) is 4.02. The van der Waals surface area contributed by atoms with Crippen molar-refractivity contribution in [2.45, 2.75) is 25.8 Å². The van der Waals surface area contributed by atoms with E-state index in [0.717, 1.165) is 59.4 Å². The van der Waals surface area contributed by atoms with Gasteiger partial charge in [0.2, 0.25) is 0 Å². The fourth-order valence-corrected chi connectivity index (χ4v) is 4.85. The molecule has 1 aliphatic rings. The van der Waals surface area contributed by atoms with E-state index in [1.807, 2.05) is 42.5 Å². The predicted molar refractivity (Wildman–Crippen MR) is 125 cm³/mol. The first-order chi connectivity index (χ1) is 16.0. The van der Waals surface area contributed by atoms with E-state index in [1.54, 1.807) is 0 Å². The lowest BCUT2D eigenvalue weighted by molar-refractivity contribution is -0.138. The second-order valence-corrected chi connectivity index (χ2v) is 8.88. The van der Waals surface area contributed by atoms with Gasteiger partial charge in [0, 0.05) is 17.9 Å². The van der Waals surface area contributed by atoms with Crippen molar-refractivity contribution in [3.63, 3.8) is 0 Å². The molecule has 0 radical (unpaired) electrons. The number of likely N-dealkylation sites (tertiary alicyclic amines) is 1. The van der Waals surface area contributed by atoms with Gasteiger partial charge in [0.25, 0.3) is 11.7 Å². The molecule has 0 saturated carbocycles. The average molecular weight is 469 g/mol. The summed E-state index contributed by atoms with van der Waals surface area (Å²) in [6.07, 6.45) is 2.12. The van der Waals surface area contributed by atoms with Crippen LogP contribution >= 0.6 is 11.3 Å². The van der Waals surface area contributed by atoms with Crippen LogP contribution in [0.1, 0.15) is 25.0 Å². The van der Waals surface area contributed by atoms with Gasteiger partial charge in [0.05, 0.1) is 16.8 Å². The van der Waals surface area contributed by atoms with Crippen molar-refractivity contribution in [2.24, 2.45) is 5.92 Å². The van der Waals surface area contributed by atoms with Gasteiger partial charge in [0.1, 0.15) is 17.1 Å². The molecule has 172 valence electrons. The van der Waals surface area contributed by atoms with Crippen LogP contribution < -0.4 is 4.74 Å². The van der Waals surface area contributed by atoms with Gasteiger partial charge < -0.3 is 19.4 Å².